The Kier molecular flexibility index (Phi) is 5.87. The first-order chi connectivity index (χ1) is 8.66. The number of benzene rings is 1. The van der Waals surface area contributed by atoms with Crippen LogP contribution in [-0.2, 0) is 4.74 Å². The molecule has 1 aromatic rings. The highest BCUT2D eigenvalue weighted by molar-refractivity contribution is 5.59. The first-order valence-electron chi connectivity index (χ1n) is 5.83. The van der Waals surface area contributed by atoms with Gasteiger partial charge in [0.05, 0.1) is 18.1 Å². The molecule has 0 bridgehead atoms. The molecule has 1 rings (SSSR count). The average Bonchev–Trinajstić information content (AvgIpc) is 2.35. The molecule has 98 valence electrons. The number of nitro groups is 1. The van der Waals surface area contributed by atoms with Crippen LogP contribution in [0.1, 0.15) is 12.0 Å². The van der Waals surface area contributed by atoms with Crippen LogP contribution in [0, 0.1) is 17.0 Å². The van der Waals surface area contributed by atoms with Crippen molar-refractivity contribution in [3.63, 3.8) is 0 Å². The number of nitrogens with one attached hydrogen (secondary N) is 1. The molecule has 0 fully saturated rings. The van der Waals surface area contributed by atoms with Crippen LogP contribution in [0.4, 0.5) is 11.4 Å². The summed E-state index contributed by atoms with van der Waals surface area (Å²) in [4.78, 5) is 10.4. The maximum absolute atomic E-state index is 10.8. The molecule has 5 nitrogen and oxygen atoms in total. The van der Waals surface area contributed by atoms with Crippen LogP contribution >= 0.6 is 0 Å². The second kappa shape index (κ2) is 7.45. The average molecular weight is 250 g/mol. The summed E-state index contributed by atoms with van der Waals surface area (Å²) >= 11 is 0. The van der Waals surface area contributed by atoms with E-state index in [1.165, 1.54) is 6.07 Å². The molecular formula is C13H18N2O3. The monoisotopic (exact) mass is 250 g/mol. The van der Waals surface area contributed by atoms with Gasteiger partial charge in [0.15, 0.2) is 0 Å². The Bertz CT molecular complexity index is 419. The van der Waals surface area contributed by atoms with Gasteiger partial charge in [-0.05, 0) is 19.4 Å². The van der Waals surface area contributed by atoms with E-state index >= 15 is 0 Å². The molecule has 0 unspecified atom stereocenters. The van der Waals surface area contributed by atoms with Crippen LogP contribution in [-0.4, -0.2) is 24.7 Å². The summed E-state index contributed by atoms with van der Waals surface area (Å²) < 4.78 is 5.35. The predicted molar refractivity (Wildman–Crippen MR) is 72.0 cm³/mol. The van der Waals surface area contributed by atoms with Gasteiger partial charge in [0.25, 0.3) is 5.69 Å². The maximum atomic E-state index is 10.8. The van der Waals surface area contributed by atoms with E-state index in [2.05, 4.69) is 11.9 Å². The van der Waals surface area contributed by atoms with Gasteiger partial charge in [-0.2, -0.15) is 0 Å². The number of hydrogen-bond donors (Lipinski definition) is 1. The first-order valence-corrected chi connectivity index (χ1v) is 5.83. The Balaban J connectivity index is 2.45. The topological polar surface area (TPSA) is 64.4 Å². The molecule has 0 heterocycles. The molecule has 0 aliphatic rings. The Morgan fingerprint density at radius 3 is 2.94 bits per heavy atom. The zero-order valence-corrected chi connectivity index (χ0v) is 10.5. The Morgan fingerprint density at radius 1 is 1.50 bits per heavy atom. The number of rotatable bonds is 8. The van der Waals surface area contributed by atoms with E-state index in [0.29, 0.717) is 25.3 Å². The van der Waals surface area contributed by atoms with E-state index in [0.717, 1.165) is 12.1 Å². The Labute approximate surface area is 107 Å². The Hall–Kier alpha value is -1.88. The molecule has 18 heavy (non-hydrogen) atoms. The second-order valence-electron chi connectivity index (χ2n) is 3.82. The normalized spacial score (nSPS) is 10.1. The summed E-state index contributed by atoms with van der Waals surface area (Å²) in [6.45, 7) is 7.18. The summed E-state index contributed by atoms with van der Waals surface area (Å²) in [7, 11) is 0. The molecule has 0 aliphatic carbocycles. The second-order valence-corrected chi connectivity index (χ2v) is 3.82. The van der Waals surface area contributed by atoms with E-state index in [-0.39, 0.29) is 10.6 Å². The van der Waals surface area contributed by atoms with Crippen molar-refractivity contribution in [1.82, 2.24) is 0 Å². The molecule has 1 aromatic carbocycles. The van der Waals surface area contributed by atoms with Crippen molar-refractivity contribution in [2.45, 2.75) is 13.3 Å². The van der Waals surface area contributed by atoms with Gasteiger partial charge in [0.2, 0.25) is 0 Å². The minimum atomic E-state index is -0.374. The van der Waals surface area contributed by atoms with E-state index in [1.54, 1.807) is 19.1 Å². The van der Waals surface area contributed by atoms with Gasteiger partial charge in [-0.3, -0.25) is 10.1 Å². The van der Waals surface area contributed by atoms with E-state index in [1.807, 2.05) is 6.07 Å². The molecule has 0 aromatic heterocycles. The predicted octanol–water partition coefficient (Wildman–Crippen LogP) is 2.91. The third-order valence-corrected chi connectivity index (χ3v) is 2.53. The SMILES string of the molecule is C=CCCOCCNc1cccc([N+](=O)[O-])c1C. The summed E-state index contributed by atoms with van der Waals surface area (Å²) in [6.07, 6.45) is 2.63. The third kappa shape index (κ3) is 4.18. The van der Waals surface area contributed by atoms with Crippen molar-refractivity contribution in [3.05, 3.63) is 46.5 Å². The molecule has 0 saturated carbocycles. The van der Waals surface area contributed by atoms with Crippen molar-refractivity contribution in [2.24, 2.45) is 0 Å². The standard InChI is InChI=1S/C13H18N2O3/c1-3-4-9-18-10-8-14-12-6-5-7-13(11(12)2)15(16)17/h3,5-7,14H,1,4,8-10H2,2H3. The maximum Gasteiger partial charge on any atom is 0.274 e. The zero-order valence-electron chi connectivity index (χ0n) is 10.5. The quantitative estimate of drug-likeness (QED) is 0.333. The summed E-state index contributed by atoms with van der Waals surface area (Å²) in [6, 6.07) is 5.00. The fourth-order valence-corrected chi connectivity index (χ4v) is 1.54. The summed E-state index contributed by atoms with van der Waals surface area (Å²) in [5.41, 5.74) is 1.55. The van der Waals surface area contributed by atoms with E-state index in [4.69, 9.17) is 4.74 Å². The number of nitro benzene ring substituents is 1. The fraction of sp³-hybridized carbons (Fsp3) is 0.385. The molecule has 0 amide bonds. The van der Waals surface area contributed by atoms with Crippen molar-refractivity contribution >= 4 is 11.4 Å². The largest absolute Gasteiger partial charge is 0.382 e. The van der Waals surface area contributed by atoms with Gasteiger partial charge >= 0.3 is 0 Å². The minimum Gasteiger partial charge on any atom is -0.382 e. The van der Waals surface area contributed by atoms with Crippen LogP contribution < -0.4 is 5.32 Å². The van der Waals surface area contributed by atoms with Gasteiger partial charge in [-0.25, -0.2) is 0 Å². The van der Waals surface area contributed by atoms with Gasteiger partial charge in [-0.15, -0.1) is 6.58 Å². The lowest BCUT2D eigenvalue weighted by Crippen LogP contribution is -2.11. The molecule has 0 spiro atoms. The highest BCUT2D eigenvalue weighted by atomic mass is 16.6. The number of anilines is 1. The molecule has 0 radical (unpaired) electrons. The van der Waals surface area contributed by atoms with Crippen molar-refractivity contribution < 1.29 is 9.66 Å². The number of ether oxygens (including phenoxy) is 1. The third-order valence-electron chi connectivity index (χ3n) is 2.53. The minimum absolute atomic E-state index is 0.132. The van der Waals surface area contributed by atoms with Crippen molar-refractivity contribution in [1.29, 1.82) is 0 Å². The first kappa shape index (κ1) is 14.2. The summed E-state index contributed by atoms with van der Waals surface area (Å²) in [5.74, 6) is 0. The number of hydrogen-bond acceptors (Lipinski definition) is 4. The lowest BCUT2D eigenvalue weighted by atomic mass is 10.1. The van der Waals surface area contributed by atoms with Crippen LogP contribution in [0.25, 0.3) is 0 Å². The van der Waals surface area contributed by atoms with Gasteiger partial charge in [0, 0.05) is 23.9 Å². The van der Waals surface area contributed by atoms with Crippen LogP contribution in [0.3, 0.4) is 0 Å². The molecule has 0 atom stereocenters. The number of nitrogens with zero attached hydrogens (tertiary/aromatic N) is 1. The zero-order chi connectivity index (χ0) is 13.4. The lowest BCUT2D eigenvalue weighted by Gasteiger charge is -2.09. The summed E-state index contributed by atoms with van der Waals surface area (Å²) in [5, 5.41) is 13.9. The fourth-order valence-electron chi connectivity index (χ4n) is 1.54. The highest BCUT2D eigenvalue weighted by Crippen LogP contribution is 2.24. The van der Waals surface area contributed by atoms with Crippen molar-refractivity contribution in [2.75, 3.05) is 25.1 Å². The lowest BCUT2D eigenvalue weighted by molar-refractivity contribution is -0.385. The van der Waals surface area contributed by atoms with Crippen LogP contribution in [0.15, 0.2) is 30.9 Å². The molecule has 0 saturated heterocycles. The van der Waals surface area contributed by atoms with E-state index in [9.17, 15) is 10.1 Å². The molecule has 0 aliphatic heterocycles. The smallest absolute Gasteiger partial charge is 0.274 e. The Morgan fingerprint density at radius 2 is 2.28 bits per heavy atom. The molecular weight excluding hydrogens is 232 g/mol. The molecule has 5 heteroatoms. The molecule has 1 N–H and O–H groups in total. The van der Waals surface area contributed by atoms with Crippen molar-refractivity contribution in [3.8, 4) is 0 Å². The van der Waals surface area contributed by atoms with Crippen LogP contribution in [0.5, 0.6) is 0 Å². The van der Waals surface area contributed by atoms with Crippen LogP contribution in [0.2, 0.25) is 0 Å². The van der Waals surface area contributed by atoms with Gasteiger partial charge < -0.3 is 10.1 Å². The van der Waals surface area contributed by atoms with E-state index < -0.39 is 0 Å². The van der Waals surface area contributed by atoms with Gasteiger partial charge in [-0.1, -0.05) is 12.1 Å². The highest BCUT2D eigenvalue weighted by Gasteiger charge is 2.12. The van der Waals surface area contributed by atoms with Gasteiger partial charge in [0.1, 0.15) is 0 Å².